The summed E-state index contributed by atoms with van der Waals surface area (Å²) in [7, 11) is 0. The molecular formula is C13H19ClN2O3. The van der Waals surface area contributed by atoms with E-state index in [2.05, 4.69) is 5.32 Å². The van der Waals surface area contributed by atoms with Gasteiger partial charge in [0.05, 0.1) is 23.4 Å². The van der Waals surface area contributed by atoms with Crippen LogP contribution in [0.15, 0.2) is 18.2 Å². The zero-order chi connectivity index (χ0) is 14.6. The first-order chi connectivity index (χ1) is 8.73. The Morgan fingerprint density at radius 3 is 2.68 bits per heavy atom. The van der Waals surface area contributed by atoms with Gasteiger partial charge in [-0.2, -0.15) is 0 Å². The predicted molar refractivity (Wildman–Crippen MR) is 75.3 cm³/mol. The van der Waals surface area contributed by atoms with Crippen LogP contribution in [-0.2, 0) is 4.74 Å². The van der Waals surface area contributed by atoms with Gasteiger partial charge in [0.1, 0.15) is 5.60 Å². The molecule has 1 aromatic carbocycles. The molecule has 1 rings (SSSR count). The maximum atomic E-state index is 11.7. The van der Waals surface area contributed by atoms with Gasteiger partial charge >= 0.3 is 6.09 Å². The third kappa shape index (κ3) is 5.06. The van der Waals surface area contributed by atoms with Crippen molar-refractivity contribution in [2.24, 2.45) is 5.73 Å². The molecule has 0 radical (unpaired) electrons. The van der Waals surface area contributed by atoms with Crippen molar-refractivity contribution >= 4 is 23.4 Å². The number of amides is 1. The lowest BCUT2D eigenvalue weighted by atomic mass is 10.1. The molecule has 0 heterocycles. The average molecular weight is 287 g/mol. The van der Waals surface area contributed by atoms with Crippen LogP contribution in [0.25, 0.3) is 0 Å². The summed E-state index contributed by atoms with van der Waals surface area (Å²) < 4.78 is 5.13. The van der Waals surface area contributed by atoms with Gasteiger partial charge in [0.2, 0.25) is 0 Å². The van der Waals surface area contributed by atoms with Gasteiger partial charge < -0.3 is 15.6 Å². The van der Waals surface area contributed by atoms with Crippen molar-refractivity contribution in [3.05, 3.63) is 28.8 Å². The second-order valence-corrected chi connectivity index (χ2v) is 5.56. The molecule has 0 aliphatic rings. The summed E-state index contributed by atoms with van der Waals surface area (Å²) in [6, 6.07) is 4.41. The Morgan fingerprint density at radius 1 is 1.53 bits per heavy atom. The van der Waals surface area contributed by atoms with Crippen molar-refractivity contribution in [1.29, 1.82) is 0 Å². The van der Waals surface area contributed by atoms with E-state index >= 15 is 0 Å². The molecule has 1 atom stereocenters. The van der Waals surface area contributed by atoms with Crippen LogP contribution in [0.5, 0.6) is 0 Å². The number of anilines is 1. The molecule has 1 amide bonds. The molecule has 0 fully saturated rings. The van der Waals surface area contributed by atoms with Crippen molar-refractivity contribution in [2.75, 3.05) is 11.9 Å². The largest absolute Gasteiger partial charge is 0.444 e. The van der Waals surface area contributed by atoms with E-state index in [1.54, 1.807) is 39.0 Å². The van der Waals surface area contributed by atoms with E-state index in [1.165, 1.54) is 0 Å². The summed E-state index contributed by atoms with van der Waals surface area (Å²) in [4.78, 5) is 11.7. The number of aliphatic hydroxyl groups excluding tert-OH is 1. The number of nitrogens with one attached hydrogen (secondary N) is 1. The van der Waals surface area contributed by atoms with Gasteiger partial charge in [0.25, 0.3) is 0 Å². The van der Waals surface area contributed by atoms with Crippen molar-refractivity contribution in [3.63, 3.8) is 0 Å². The van der Waals surface area contributed by atoms with E-state index in [9.17, 15) is 4.79 Å². The first-order valence-corrected chi connectivity index (χ1v) is 6.26. The Kier molecular flexibility index (Phi) is 5.17. The molecule has 0 aliphatic carbocycles. The highest BCUT2D eigenvalue weighted by molar-refractivity contribution is 6.33. The highest BCUT2D eigenvalue weighted by atomic mass is 35.5. The van der Waals surface area contributed by atoms with Crippen LogP contribution in [0.3, 0.4) is 0 Å². The third-order valence-corrected chi connectivity index (χ3v) is 2.58. The van der Waals surface area contributed by atoms with Crippen LogP contribution in [-0.4, -0.2) is 23.4 Å². The lowest BCUT2D eigenvalue weighted by Crippen LogP contribution is -2.27. The SMILES string of the molecule is CC(C)(C)OC(=O)Nc1cc(C(N)CO)ccc1Cl. The van der Waals surface area contributed by atoms with Gasteiger partial charge in [0.15, 0.2) is 0 Å². The molecule has 19 heavy (non-hydrogen) atoms. The minimum atomic E-state index is -0.593. The number of nitrogens with two attached hydrogens (primary N) is 1. The van der Waals surface area contributed by atoms with Crippen LogP contribution >= 0.6 is 11.6 Å². The summed E-state index contributed by atoms with van der Waals surface area (Å²) in [5, 5.41) is 11.9. The number of aliphatic hydroxyl groups is 1. The number of rotatable bonds is 3. The highest BCUT2D eigenvalue weighted by Gasteiger charge is 2.17. The molecule has 106 valence electrons. The van der Waals surface area contributed by atoms with Crippen LogP contribution in [0.1, 0.15) is 32.4 Å². The normalized spacial score (nSPS) is 12.9. The van der Waals surface area contributed by atoms with Crippen LogP contribution in [0, 0.1) is 0 Å². The average Bonchev–Trinajstić information content (AvgIpc) is 2.28. The molecule has 6 heteroatoms. The van der Waals surface area contributed by atoms with Gasteiger partial charge in [-0.05, 0) is 38.5 Å². The van der Waals surface area contributed by atoms with Crippen molar-refractivity contribution in [1.82, 2.24) is 0 Å². The van der Waals surface area contributed by atoms with Crippen LogP contribution in [0.4, 0.5) is 10.5 Å². The Hall–Kier alpha value is -1.30. The molecule has 1 unspecified atom stereocenters. The predicted octanol–water partition coefficient (Wildman–Crippen LogP) is 2.68. The van der Waals surface area contributed by atoms with Gasteiger partial charge in [-0.1, -0.05) is 17.7 Å². The van der Waals surface area contributed by atoms with Crippen molar-refractivity contribution in [3.8, 4) is 0 Å². The number of carbonyl (C=O) groups is 1. The summed E-state index contributed by atoms with van der Waals surface area (Å²) in [5.41, 5.74) is 6.20. The molecule has 0 spiro atoms. The number of hydrogen-bond acceptors (Lipinski definition) is 4. The quantitative estimate of drug-likeness (QED) is 0.797. The molecule has 4 N–H and O–H groups in total. The molecule has 0 bridgehead atoms. The topological polar surface area (TPSA) is 84.6 Å². The number of benzene rings is 1. The number of halogens is 1. The van der Waals surface area contributed by atoms with Crippen LogP contribution < -0.4 is 11.1 Å². The van der Waals surface area contributed by atoms with Gasteiger partial charge in [0, 0.05) is 0 Å². The second kappa shape index (κ2) is 6.23. The van der Waals surface area contributed by atoms with E-state index in [0.29, 0.717) is 16.3 Å². The lowest BCUT2D eigenvalue weighted by Gasteiger charge is -2.20. The van der Waals surface area contributed by atoms with E-state index < -0.39 is 17.7 Å². The Morgan fingerprint density at radius 2 is 2.16 bits per heavy atom. The molecule has 1 aromatic rings. The maximum absolute atomic E-state index is 11.7. The molecule has 5 nitrogen and oxygen atoms in total. The maximum Gasteiger partial charge on any atom is 0.412 e. The smallest absolute Gasteiger partial charge is 0.412 e. The van der Waals surface area contributed by atoms with Crippen molar-refractivity contribution < 1.29 is 14.6 Å². The van der Waals surface area contributed by atoms with E-state index in [4.69, 9.17) is 27.2 Å². The van der Waals surface area contributed by atoms with E-state index in [1.807, 2.05) is 0 Å². The fourth-order valence-electron chi connectivity index (χ4n) is 1.39. The third-order valence-electron chi connectivity index (χ3n) is 2.25. The van der Waals surface area contributed by atoms with E-state index in [0.717, 1.165) is 0 Å². The van der Waals surface area contributed by atoms with Gasteiger partial charge in [-0.25, -0.2) is 4.79 Å². The standard InChI is InChI=1S/C13H19ClN2O3/c1-13(2,3)19-12(18)16-11-6-8(10(15)7-17)4-5-9(11)14/h4-6,10,17H,7,15H2,1-3H3,(H,16,18). The zero-order valence-corrected chi connectivity index (χ0v) is 12.0. The molecule has 0 saturated carbocycles. The number of carbonyl (C=O) groups excluding carboxylic acids is 1. The van der Waals surface area contributed by atoms with Crippen LogP contribution in [0.2, 0.25) is 5.02 Å². The molecule has 0 aromatic heterocycles. The zero-order valence-electron chi connectivity index (χ0n) is 11.2. The lowest BCUT2D eigenvalue weighted by molar-refractivity contribution is 0.0636. The molecular weight excluding hydrogens is 268 g/mol. The van der Waals surface area contributed by atoms with E-state index in [-0.39, 0.29) is 6.61 Å². The number of ether oxygens (including phenoxy) is 1. The summed E-state index contributed by atoms with van der Waals surface area (Å²) in [5.74, 6) is 0. The van der Waals surface area contributed by atoms with Crippen molar-refractivity contribution in [2.45, 2.75) is 32.4 Å². The first-order valence-electron chi connectivity index (χ1n) is 5.89. The number of hydrogen-bond donors (Lipinski definition) is 3. The molecule has 0 aliphatic heterocycles. The Bertz CT molecular complexity index is 458. The van der Waals surface area contributed by atoms with Gasteiger partial charge in [-0.3, -0.25) is 5.32 Å². The highest BCUT2D eigenvalue weighted by Crippen LogP contribution is 2.26. The fourth-order valence-corrected chi connectivity index (χ4v) is 1.55. The Labute approximate surface area is 117 Å². The summed E-state index contributed by atoms with van der Waals surface area (Å²) in [6.45, 7) is 5.12. The summed E-state index contributed by atoms with van der Waals surface area (Å²) >= 11 is 5.99. The Balaban J connectivity index is 2.85. The molecule has 0 saturated heterocycles. The second-order valence-electron chi connectivity index (χ2n) is 5.16. The first kappa shape index (κ1) is 15.8. The fraction of sp³-hybridized carbons (Fsp3) is 0.462. The monoisotopic (exact) mass is 286 g/mol. The minimum absolute atomic E-state index is 0.187. The summed E-state index contributed by atoms with van der Waals surface area (Å²) in [6.07, 6.45) is -0.593. The van der Waals surface area contributed by atoms with Gasteiger partial charge in [-0.15, -0.1) is 0 Å². The minimum Gasteiger partial charge on any atom is -0.444 e.